The summed E-state index contributed by atoms with van der Waals surface area (Å²) in [5, 5.41) is 15.9. The van der Waals surface area contributed by atoms with Crippen LogP contribution in [0.4, 0.5) is 4.79 Å². The number of carbonyl (C=O) groups excluding carboxylic acids is 2. The number of likely N-dealkylation sites (N-methyl/N-ethyl adjacent to an activating group) is 1. The summed E-state index contributed by atoms with van der Waals surface area (Å²) in [4.78, 5) is 32.8. The molecule has 0 aromatic heterocycles. The molecule has 17 heavy (non-hydrogen) atoms. The molecule has 0 aliphatic heterocycles. The fraction of sp³-hybridized carbons (Fsp3) is 0.700. The van der Waals surface area contributed by atoms with Crippen LogP contribution in [0.15, 0.2) is 0 Å². The lowest BCUT2D eigenvalue weighted by Gasteiger charge is -2.15. The summed E-state index contributed by atoms with van der Waals surface area (Å²) >= 11 is 0. The molecule has 1 atom stereocenters. The van der Waals surface area contributed by atoms with Crippen molar-refractivity contribution in [3.63, 3.8) is 0 Å². The Kier molecular flexibility index (Phi) is 7.49. The van der Waals surface area contributed by atoms with Crippen LogP contribution < -0.4 is 16.0 Å². The zero-order valence-electron chi connectivity index (χ0n) is 10.1. The molecule has 0 aromatic rings. The van der Waals surface area contributed by atoms with Crippen LogP contribution in [0.3, 0.4) is 0 Å². The lowest BCUT2D eigenvalue weighted by Crippen LogP contribution is -2.46. The van der Waals surface area contributed by atoms with Gasteiger partial charge in [-0.25, -0.2) is 4.79 Å². The third-order valence-corrected chi connectivity index (χ3v) is 2.03. The highest BCUT2D eigenvalue weighted by Crippen LogP contribution is 1.96. The second-order valence-corrected chi connectivity index (χ2v) is 3.48. The van der Waals surface area contributed by atoms with Gasteiger partial charge < -0.3 is 21.1 Å². The summed E-state index contributed by atoms with van der Waals surface area (Å²) in [6, 6.07) is -0.967. The highest BCUT2D eigenvalue weighted by Gasteiger charge is 2.14. The number of urea groups is 1. The Morgan fingerprint density at radius 1 is 1.18 bits per heavy atom. The van der Waals surface area contributed by atoms with E-state index < -0.39 is 18.0 Å². The smallest absolute Gasteiger partial charge is 0.315 e. The van der Waals surface area contributed by atoms with E-state index in [1.54, 1.807) is 13.8 Å². The maximum atomic E-state index is 11.3. The zero-order valence-corrected chi connectivity index (χ0v) is 10.1. The number of carboxylic acid groups (broad SMARTS) is 1. The fourth-order valence-corrected chi connectivity index (χ4v) is 1.16. The molecule has 0 heterocycles. The van der Waals surface area contributed by atoms with Gasteiger partial charge in [0.2, 0.25) is 5.91 Å². The first kappa shape index (κ1) is 15.2. The van der Waals surface area contributed by atoms with Crippen LogP contribution in [-0.4, -0.2) is 42.1 Å². The van der Waals surface area contributed by atoms with E-state index in [0.29, 0.717) is 13.0 Å². The first-order valence-electron chi connectivity index (χ1n) is 5.52. The number of amides is 3. The first-order chi connectivity index (χ1) is 7.99. The topological polar surface area (TPSA) is 108 Å². The van der Waals surface area contributed by atoms with Crippen LogP contribution in [0.25, 0.3) is 0 Å². The summed E-state index contributed by atoms with van der Waals surface area (Å²) in [6.07, 6.45) is 0.381. The van der Waals surface area contributed by atoms with Crippen molar-refractivity contribution in [2.75, 3.05) is 13.1 Å². The molecule has 1 unspecified atom stereocenters. The highest BCUT2D eigenvalue weighted by atomic mass is 16.4. The lowest BCUT2D eigenvalue weighted by atomic mass is 10.1. The van der Waals surface area contributed by atoms with Crippen molar-refractivity contribution >= 4 is 17.9 Å². The third-order valence-electron chi connectivity index (χ3n) is 2.03. The summed E-state index contributed by atoms with van der Waals surface area (Å²) in [6.45, 7) is 3.93. The predicted octanol–water partition coefficient (Wildman–Crippen LogP) is -0.325. The van der Waals surface area contributed by atoms with Gasteiger partial charge in [0.05, 0.1) is 13.0 Å². The van der Waals surface area contributed by atoms with E-state index in [2.05, 4.69) is 16.0 Å². The van der Waals surface area contributed by atoms with Crippen molar-refractivity contribution in [2.24, 2.45) is 0 Å². The Hall–Kier alpha value is -1.79. The molecule has 0 rings (SSSR count). The number of carboxylic acids is 1. The predicted molar refractivity (Wildman–Crippen MR) is 61.5 cm³/mol. The van der Waals surface area contributed by atoms with Crippen LogP contribution in [0.2, 0.25) is 0 Å². The van der Waals surface area contributed by atoms with Crippen LogP contribution in [0, 0.1) is 0 Å². The Bertz CT molecular complexity index is 281. The standard InChI is InChI=1S/C10H19N3O4/c1-3-7(5-9(15)16)13-10(17)12-6-8(14)11-4-2/h7H,3-6H2,1-2H3,(H,11,14)(H,15,16)(H2,12,13,17). The molecule has 0 radical (unpaired) electrons. The third kappa shape index (κ3) is 8.06. The summed E-state index contributed by atoms with van der Waals surface area (Å²) < 4.78 is 0. The van der Waals surface area contributed by atoms with E-state index >= 15 is 0 Å². The van der Waals surface area contributed by atoms with Crippen molar-refractivity contribution < 1.29 is 19.5 Å². The maximum Gasteiger partial charge on any atom is 0.315 e. The monoisotopic (exact) mass is 245 g/mol. The van der Waals surface area contributed by atoms with Gasteiger partial charge in [-0.2, -0.15) is 0 Å². The second-order valence-electron chi connectivity index (χ2n) is 3.48. The SMILES string of the molecule is CCNC(=O)CNC(=O)NC(CC)CC(=O)O. The Labute approximate surface area is 100.0 Å². The largest absolute Gasteiger partial charge is 0.481 e. The molecule has 0 saturated carbocycles. The quantitative estimate of drug-likeness (QED) is 0.492. The van der Waals surface area contributed by atoms with E-state index in [0.717, 1.165) is 0 Å². The second kappa shape index (κ2) is 8.37. The molecular weight excluding hydrogens is 226 g/mol. The van der Waals surface area contributed by atoms with Gasteiger partial charge >= 0.3 is 12.0 Å². The molecule has 7 nitrogen and oxygen atoms in total. The average molecular weight is 245 g/mol. The van der Waals surface area contributed by atoms with Gasteiger partial charge in [0.15, 0.2) is 0 Å². The average Bonchev–Trinajstić information content (AvgIpc) is 2.25. The number of hydrogen-bond donors (Lipinski definition) is 4. The molecule has 0 aromatic carbocycles. The summed E-state index contributed by atoms with van der Waals surface area (Å²) in [5.74, 6) is -1.25. The Balaban J connectivity index is 3.90. The fourth-order valence-electron chi connectivity index (χ4n) is 1.16. The molecule has 0 saturated heterocycles. The molecule has 0 spiro atoms. The number of aliphatic carboxylic acids is 1. The maximum absolute atomic E-state index is 11.3. The van der Waals surface area contributed by atoms with Crippen molar-refractivity contribution in [3.05, 3.63) is 0 Å². The van der Waals surface area contributed by atoms with Gasteiger partial charge in [-0.15, -0.1) is 0 Å². The van der Waals surface area contributed by atoms with Crippen LogP contribution in [0.1, 0.15) is 26.7 Å². The molecule has 0 bridgehead atoms. The first-order valence-corrected chi connectivity index (χ1v) is 5.52. The molecule has 4 N–H and O–H groups in total. The summed E-state index contributed by atoms with van der Waals surface area (Å²) in [7, 11) is 0. The van der Waals surface area contributed by atoms with Crippen LogP contribution in [0.5, 0.6) is 0 Å². The van der Waals surface area contributed by atoms with E-state index in [9.17, 15) is 14.4 Å². The minimum Gasteiger partial charge on any atom is -0.481 e. The molecule has 7 heteroatoms. The molecule has 0 fully saturated rings. The van der Waals surface area contributed by atoms with E-state index in [4.69, 9.17) is 5.11 Å². The van der Waals surface area contributed by atoms with Gasteiger partial charge in [-0.05, 0) is 13.3 Å². The summed E-state index contributed by atoms with van der Waals surface area (Å²) in [5.41, 5.74) is 0. The lowest BCUT2D eigenvalue weighted by molar-refractivity contribution is -0.137. The van der Waals surface area contributed by atoms with Crippen molar-refractivity contribution in [1.29, 1.82) is 0 Å². The molecule has 3 amide bonds. The van der Waals surface area contributed by atoms with Crippen molar-refractivity contribution in [1.82, 2.24) is 16.0 Å². The van der Waals surface area contributed by atoms with Gasteiger partial charge in [0.1, 0.15) is 0 Å². The van der Waals surface area contributed by atoms with Gasteiger partial charge in [-0.3, -0.25) is 9.59 Å². The molecular formula is C10H19N3O4. The van der Waals surface area contributed by atoms with Gasteiger partial charge in [0, 0.05) is 12.6 Å². The van der Waals surface area contributed by atoms with E-state index in [-0.39, 0.29) is 18.9 Å². The molecule has 0 aliphatic carbocycles. The number of rotatable bonds is 7. The number of nitrogens with one attached hydrogen (secondary N) is 3. The molecule has 0 aliphatic rings. The number of hydrogen-bond acceptors (Lipinski definition) is 3. The van der Waals surface area contributed by atoms with E-state index in [1.807, 2.05) is 0 Å². The van der Waals surface area contributed by atoms with Gasteiger partial charge in [0.25, 0.3) is 0 Å². The van der Waals surface area contributed by atoms with Crippen LogP contribution in [-0.2, 0) is 9.59 Å². The molecule has 98 valence electrons. The Morgan fingerprint density at radius 3 is 2.29 bits per heavy atom. The zero-order chi connectivity index (χ0) is 13.3. The van der Waals surface area contributed by atoms with E-state index in [1.165, 1.54) is 0 Å². The Morgan fingerprint density at radius 2 is 1.82 bits per heavy atom. The highest BCUT2D eigenvalue weighted by molar-refractivity contribution is 5.84. The minimum absolute atomic E-state index is 0.122. The van der Waals surface area contributed by atoms with Crippen molar-refractivity contribution in [3.8, 4) is 0 Å². The van der Waals surface area contributed by atoms with Gasteiger partial charge in [-0.1, -0.05) is 6.92 Å². The normalized spacial score (nSPS) is 11.4. The minimum atomic E-state index is -0.971. The number of carbonyl (C=O) groups is 3. The van der Waals surface area contributed by atoms with Crippen molar-refractivity contribution in [2.45, 2.75) is 32.7 Å². The van der Waals surface area contributed by atoms with Crippen LogP contribution >= 0.6 is 0 Å².